The lowest BCUT2D eigenvalue weighted by molar-refractivity contribution is 0.765. The van der Waals surface area contributed by atoms with Gasteiger partial charge >= 0.3 is 0 Å². The smallest absolute Gasteiger partial charge is 0.0303 e. The molecule has 0 aliphatic carbocycles. The first-order valence-corrected chi connectivity index (χ1v) is 7.13. The molecule has 0 saturated carbocycles. The van der Waals surface area contributed by atoms with Crippen LogP contribution < -0.4 is 0 Å². The average molecular weight is 240 g/mol. The van der Waals surface area contributed by atoms with Crippen LogP contribution in [0.4, 0.5) is 0 Å². The van der Waals surface area contributed by atoms with E-state index in [1.807, 2.05) is 0 Å². The molecule has 0 unspecified atom stereocenters. The van der Waals surface area contributed by atoms with E-state index in [1.54, 1.807) is 0 Å². The van der Waals surface area contributed by atoms with Crippen molar-refractivity contribution in [2.24, 2.45) is 0 Å². The standard InChI is InChI=1S/C16H16S/c1-3-7-13(8-4-1)15-11-12-16(17-15)14-9-5-2-6-10-14/h1-10,15-16H,11-12H2/t15-,16+. The van der Waals surface area contributed by atoms with E-state index in [2.05, 4.69) is 72.4 Å². The molecule has 1 aliphatic heterocycles. The third-order valence-electron chi connectivity index (χ3n) is 3.36. The zero-order valence-corrected chi connectivity index (χ0v) is 10.6. The van der Waals surface area contributed by atoms with Crippen LogP contribution in [0.15, 0.2) is 60.7 Å². The maximum Gasteiger partial charge on any atom is 0.0303 e. The van der Waals surface area contributed by atoms with Gasteiger partial charge in [0, 0.05) is 10.5 Å². The highest BCUT2D eigenvalue weighted by molar-refractivity contribution is 8.00. The van der Waals surface area contributed by atoms with Crippen LogP contribution in [0.25, 0.3) is 0 Å². The molecule has 0 radical (unpaired) electrons. The molecule has 0 spiro atoms. The molecule has 2 aromatic rings. The molecule has 0 amide bonds. The lowest BCUT2D eigenvalue weighted by Crippen LogP contribution is -1.87. The summed E-state index contributed by atoms with van der Waals surface area (Å²) in [6.07, 6.45) is 2.60. The molecule has 1 heteroatoms. The van der Waals surface area contributed by atoms with Crippen molar-refractivity contribution in [3.05, 3.63) is 71.8 Å². The SMILES string of the molecule is c1ccc([C@@H]2CC[C@H](c3ccccc3)S2)cc1. The fourth-order valence-electron chi connectivity index (χ4n) is 2.46. The van der Waals surface area contributed by atoms with Crippen LogP contribution in [0.5, 0.6) is 0 Å². The fraction of sp³-hybridized carbons (Fsp3) is 0.250. The van der Waals surface area contributed by atoms with Gasteiger partial charge in [-0.15, -0.1) is 11.8 Å². The van der Waals surface area contributed by atoms with E-state index in [9.17, 15) is 0 Å². The van der Waals surface area contributed by atoms with Gasteiger partial charge in [0.2, 0.25) is 0 Å². The zero-order valence-electron chi connectivity index (χ0n) is 9.75. The van der Waals surface area contributed by atoms with Crippen LogP contribution in [0, 0.1) is 0 Å². The van der Waals surface area contributed by atoms with Crippen LogP contribution in [-0.4, -0.2) is 0 Å². The van der Waals surface area contributed by atoms with Gasteiger partial charge in [-0.1, -0.05) is 60.7 Å². The summed E-state index contributed by atoms with van der Waals surface area (Å²) >= 11 is 2.12. The highest BCUT2D eigenvalue weighted by Crippen LogP contribution is 2.52. The zero-order chi connectivity index (χ0) is 11.5. The minimum atomic E-state index is 0.682. The van der Waals surface area contributed by atoms with Crippen molar-refractivity contribution in [2.75, 3.05) is 0 Å². The Labute approximate surface area is 107 Å². The second-order valence-corrected chi connectivity index (χ2v) is 5.92. The van der Waals surface area contributed by atoms with Crippen molar-refractivity contribution in [3.8, 4) is 0 Å². The molecule has 0 aromatic heterocycles. The Morgan fingerprint density at radius 3 is 1.47 bits per heavy atom. The van der Waals surface area contributed by atoms with Crippen molar-refractivity contribution < 1.29 is 0 Å². The average Bonchev–Trinajstić information content (AvgIpc) is 2.90. The van der Waals surface area contributed by atoms with E-state index >= 15 is 0 Å². The van der Waals surface area contributed by atoms with Gasteiger partial charge in [-0.3, -0.25) is 0 Å². The minimum absolute atomic E-state index is 0.682. The molecule has 1 heterocycles. The largest absolute Gasteiger partial charge is 0.146 e. The van der Waals surface area contributed by atoms with E-state index in [0.29, 0.717) is 10.5 Å². The van der Waals surface area contributed by atoms with Gasteiger partial charge in [0.1, 0.15) is 0 Å². The minimum Gasteiger partial charge on any atom is -0.146 e. The van der Waals surface area contributed by atoms with Gasteiger partial charge in [-0.2, -0.15) is 0 Å². The maximum absolute atomic E-state index is 2.26. The predicted octanol–water partition coefficient (Wildman–Crippen LogP) is 5.00. The summed E-state index contributed by atoms with van der Waals surface area (Å²) in [7, 11) is 0. The van der Waals surface area contributed by atoms with Crippen LogP contribution in [0.1, 0.15) is 34.5 Å². The first-order chi connectivity index (χ1) is 8.43. The molecule has 1 aliphatic rings. The molecule has 1 saturated heterocycles. The summed E-state index contributed by atoms with van der Waals surface area (Å²) in [5, 5.41) is 1.36. The first kappa shape index (κ1) is 10.9. The molecule has 0 N–H and O–H groups in total. The van der Waals surface area contributed by atoms with Crippen molar-refractivity contribution >= 4 is 11.8 Å². The Balaban J connectivity index is 1.75. The Kier molecular flexibility index (Phi) is 3.19. The number of benzene rings is 2. The maximum atomic E-state index is 2.26. The Bertz CT molecular complexity index is 418. The summed E-state index contributed by atoms with van der Waals surface area (Å²) in [5.74, 6) is 0. The molecule has 17 heavy (non-hydrogen) atoms. The van der Waals surface area contributed by atoms with Crippen molar-refractivity contribution in [2.45, 2.75) is 23.3 Å². The van der Waals surface area contributed by atoms with Crippen LogP contribution in [-0.2, 0) is 0 Å². The second-order valence-electron chi connectivity index (χ2n) is 4.51. The lowest BCUT2D eigenvalue weighted by Gasteiger charge is -2.11. The van der Waals surface area contributed by atoms with E-state index in [0.717, 1.165) is 0 Å². The van der Waals surface area contributed by atoms with Gasteiger partial charge in [0.15, 0.2) is 0 Å². The quantitative estimate of drug-likeness (QED) is 0.712. The summed E-state index contributed by atoms with van der Waals surface area (Å²) in [6.45, 7) is 0. The normalized spacial score (nSPS) is 23.8. The van der Waals surface area contributed by atoms with E-state index < -0.39 is 0 Å². The monoisotopic (exact) mass is 240 g/mol. The fourth-order valence-corrected chi connectivity index (χ4v) is 4.03. The summed E-state index contributed by atoms with van der Waals surface area (Å²) in [4.78, 5) is 0. The Morgan fingerprint density at radius 2 is 1.06 bits per heavy atom. The van der Waals surface area contributed by atoms with Crippen molar-refractivity contribution in [1.29, 1.82) is 0 Å². The Hall–Kier alpha value is -1.21. The topological polar surface area (TPSA) is 0 Å². The molecule has 86 valence electrons. The van der Waals surface area contributed by atoms with Gasteiger partial charge in [0.25, 0.3) is 0 Å². The molecule has 2 atom stereocenters. The lowest BCUT2D eigenvalue weighted by atomic mass is 10.0. The van der Waals surface area contributed by atoms with Crippen molar-refractivity contribution in [3.63, 3.8) is 0 Å². The van der Waals surface area contributed by atoms with Gasteiger partial charge in [0.05, 0.1) is 0 Å². The highest BCUT2D eigenvalue weighted by Gasteiger charge is 2.27. The Morgan fingerprint density at radius 1 is 0.647 bits per heavy atom. The first-order valence-electron chi connectivity index (χ1n) is 6.19. The molecule has 3 rings (SSSR count). The number of thioether (sulfide) groups is 1. The molecular weight excluding hydrogens is 224 g/mol. The van der Waals surface area contributed by atoms with Gasteiger partial charge < -0.3 is 0 Å². The van der Waals surface area contributed by atoms with Gasteiger partial charge in [-0.05, 0) is 24.0 Å². The molecular formula is C16H16S. The van der Waals surface area contributed by atoms with Crippen LogP contribution >= 0.6 is 11.8 Å². The molecule has 0 bridgehead atoms. The number of rotatable bonds is 2. The number of hydrogen-bond acceptors (Lipinski definition) is 1. The second kappa shape index (κ2) is 4.97. The van der Waals surface area contributed by atoms with E-state index in [4.69, 9.17) is 0 Å². The van der Waals surface area contributed by atoms with Crippen molar-refractivity contribution in [1.82, 2.24) is 0 Å². The van der Waals surface area contributed by atoms with Crippen LogP contribution in [0.2, 0.25) is 0 Å². The predicted molar refractivity (Wildman–Crippen MR) is 75.2 cm³/mol. The number of hydrogen-bond donors (Lipinski definition) is 0. The van der Waals surface area contributed by atoms with Crippen LogP contribution in [0.3, 0.4) is 0 Å². The van der Waals surface area contributed by atoms with E-state index in [-0.39, 0.29) is 0 Å². The van der Waals surface area contributed by atoms with Gasteiger partial charge in [-0.25, -0.2) is 0 Å². The summed E-state index contributed by atoms with van der Waals surface area (Å²) < 4.78 is 0. The highest BCUT2D eigenvalue weighted by atomic mass is 32.2. The molecule has 1 fully saturated rings. The summed E-state index contributed by atoms with van der Waals surface area (Å²) in [6, 6.07) is 21.8. The third-order valence-corrected chi connectivity index (χ3v) is 5.04. The summed E-state index contributed by atoms with van der Waals surface area (Å²) in [5.41, 5.74) is 2.96. The van der Waals surface area contributed by atoms with E-state index in [1.165, 1.54) is 24.0 Å². The molecule has 0 nitrogen and oxygen atoms in total. The molecule has 2 aromatic carbocycles. The third kappa shape index (κ3) is 2.39.